The fourth-order valence-electron chi connectivity index (χ4n) is 25.3. The molecule has 0 amide bonds. The van der Waals surface area contributed by atoms with E-state index in [9.17, 15) is 9.90 Å². The summed E-state index contributed by atoms with van der Waals surface area (Å²) in [5, 5.41) is 27.5. The van der Waals surface area contributed by atoms with Crippen molar-refractivity contribution < 1.29 is 34.1 Å². The van der Waals surface area contributed by atoms with Crippen LogP contribution in [0.5, 0.6) is 0 Å². The number of aliphatic hydroxyl groups excluding tert-OH is 2. The second-order valence-electron chi connectivity index (χ2n) is 32.7. The van der Waals surface area contributed by atoms with Gasteiger partial charge < -0.3 is 39.0 Å². The van der Waals surface area contributed by atoms with E-state index in [0.29, 0.717) is 61.7 Å². The number of ketones is 2. The summed E-state index contributed by atoms with van der Waals surface area (Å²) in [6.07, 6.45) is 28.9. The molecule has 0 radical (unpaired) electrons. The molecule has 12 aliphatic rings. The highest BCUT2D eigenvalue weighted by atomic mass is 16.6. The Morgan fingerprint density at radius 1 is 0.821 bits per heavy atom. The van der Waals surface area contributed by atoms with Crippen LogP contribution in [0.2, 0.25) is 0 Å². The number of H-pyrrole nitrogens is 2. The summed E-state index contributed by atoms with van der Waals surface area (Å²) in [5.41, 5.74) is 8.69. The van der Waals surface area contributed by atoms with Crippen LogP contribution in [-0.4, -0.2) is 79.7 Å². The van der Waals surface area contributed by atoms with Crippen molar-refractivity contribution in [1.82, 2.24) is 14.5 Å². The molecule has 16 rings (SSSR count). The number of hydrogen-bond donors (Lipinski definition) is 4. The number of aromatic nitrogens is 3. The molecule has 2 spiro atoms. The van der Waals surface area contributed by atoms with Gasteiger partial charge in [0.1, 0.15) is 18.2 Å². The Kier molecular flexibility index (Phi) is 12.3. The van der Waals surface area contributed by atoms with E-state index < -0.39 is 56.7 Å². The second kappa shape index (κ2) is 18.7. The maximum atomic E-state index is 16.8. The number of benzene rings is 1. The van der Waals surface area contributed by atoms with Gasteiger partial charge in [0, 0.05) is 78.3 Å². The van der Waals surface area contributed by atoms with E-state index in [1.807, 2.05) is 0 Å². The first-order valence-corrected chi connectivity index (χ1v) is 34.2. The maximum Gasteiger partial charge on any atom is 0.160 e. The third-order valence-corrected chi connectivity index (χ3v) is 28.6. The predicted octanol–water partition coefficient (Wildman–Crippen LogP) is 14.8. The van der Waals surface area contributed by atoms with Crippen molar-refractivity contribution in [1.29, 1.82) is 0 Å². The molecule has 10 nitrogen and oxygen atoms in total. The number of carbonyl (C=O) groups excluding carboxylic acids is 3. The van der Waals surface area contributed by atoms with E-state index in [-0.39, 0.29) is 40.5 Å². The van der Waals surface area contributed by atoms with Crippen LogP contribution in [0.4, 0.5) is 0 Å². The number of hydrogen-bond acceptors (Lipinski definition) is 7. The van der Waals surface area contributed by atoms with Gasteiger partial charge in [-0.15, -0.1) is 0 Å². The van der Waals surface area contributed by atoms with Crippen molar-refractivity contribution in [3.05, 3.63) is 93.1 Å². The van der Waals surface area contributed by atoms with Crippen LogP contribution in [0.25, 0.3) is 11.0 Å². The number of carbonyl (C=O) groups is 3. The highest BCUT2D eigenvalue weighted by Gasteiger charge is 2.84. The molecule has 3 aromatic heterocycles. The van der Waals surface area contributed by atoms with Crippen LogP contribution in [0.15, 0.2) is 54.0 Å². The number of nitrogens with one attached hydrogen (secondary N) is 2. The molecule has 15 unspecified atom stereocenters. The highest BCUT2D eigenvalue weighted by molar-refractivity contribution is 6.02. The zero-order chi connectivity index (χ0) is 57.9. The van der Waals surface area contributed by atoms with Gasteiger partial charge in [0.15, 0.2) is 5.78 Å². The molecule has 4 N–H and O–H groups in total. The number of rotatable bonds is 9. The van der Waals surface area contributed by atoms with Gasteiger partial charge in [-0.2, -0.15) is 0 Å². The molecule has 6 heterocycles. The predicted molar refractivity (Wildman–Crippen MR) is 326 cm³/mol. The van der Waals surface area contributed by atoms with E-state index >= 15 is 14.7 Å². The summed E-state index contributed by atoms with van der Waals surface area (Å²) in [6, 6.07) is 9.51. The molecule has 7 saturated carbocycles. The van der Waals surface area contributed by atoms with Crippen LogP contribution in [0.3, 0.4) is 0 Å². The Bertz CT molecular complexity index is 3350. The molecule has 3 aliphatic heterocycles. The summed E-state index contributed by atoms with van der Waals surface area (Å²) in [5.74, 6) is 0.871. The van der Waals surface area contributed by atoms with E-state index in [1.54, 1.807) is 0 Å². The van der Waals surface area contributed by atoms with E-state index in [0.717, 1.165) is 129 Å². The Hall–Kier alpha value is -4.09. The average molecular weight is 1140 g/mol. The number of aldehydes is 1. The molecular formula is C74H97N3O7. The summed E-state index contributed by atoms with van der Waals surface area (Å²) in [6.45, 7) is 18.6. The Morgan fingerprint density at radius 3 is 2.23 bits per heavy atom. The van der Waals surface area contributed by atoms with Gasteiger partial charge >= 0.3 is 0 Å². The molecule has 9 aliphatic carbocycles. The largest absolute Gasteiger partial charge is 0.392 e. The van der Waals surface area contributed by atoms with Crippen molar-refractivity contribution in [3.63, 3.8) is 0 Å². The van der Waals surface area contributed by atoms with Crippen LogP contribution in [0.1, 0.15) is 258 Å². The lowest BCUT2D eigenvalue weighted by Crippen LogP contribution is -2.78. The molecule has 15 atom stereocenters. The number of ether oxygens (including phenoxy) is 2. The van der Waals surface area contributed by atoms with Crippen molar-refractivity contribution in [3.8, 4) is 0 Å². The standard InChI is InChI=1S/C74H97N3O7/c1-67(2)65(84-67)55(80)35-68(3)26-19-45-37-76-60-51(53(40-78)48-32-46(42-15-9-8-10-16-42)31-47(33-48)43-22-29-83-30-23-43)38-77(61(45)60)39-52-56-58(68)54(79)36-69(56,4)70(5)41-73(24-13-14-25-73)66-71(6,49-17-11-12-18-49)64(82)57-50-21-28-75-59(50)44-20-27-74(57,34-44)72(66,7)63(70)62(52)81/h21,28,31-33,37-38,40,42-44,49,52-53,55,57,62-63,65-66,75-76,80-81H,8-20,22-27,29-30,34-36,39,41H2,1-7H3. The quantitative estimate of drug-likeness (QED) is 0.0963. The summed E-state index contributed by atoms with van der Waals surface area (Å²) >= 11 is 0. The first kappa shape index (κ1) is 55.2. The molecule has 10 heteroatoms. The number of nitrogens with zero attached hydrogens (tertiary/aromatic N) is 1. The third kappa shape index (κ3) is 7.20. The zero-order valence-corrected chi connectivity index (χ0v) is 51.8. The van der Waals surface area contributed by atoms with Gasteiger partial charge in [-0.1, -0.05) is 97.8 Å². The van der Waals surface area contributed by atoms with Crippen molar-refractivity contribution in [2.75, 3.05) is 13.2 Å². The van der Waals surface area contributed by atoms with Crippen molar-refractivity contribution >= 4 is 28.9 Å². The molecular weight excluding hydrogens is 1040 g/mol. The number of aromatic amines is 2. The second-order valence-corrected chi connectivity index (χ2v) is 32.7. The average Bonchev–Trinajstić information content (AvgIpc) is 1.09. The van der Waals surface area contributed by atoms with E-state index in [4.69, 9.17) is 9.47 Å². The van der Waals surface area contributed by atoms with Gasteiger partial charge in [-0.25, -0.2) is 0 Å². The van der Waals surface area contributed by atoms with Crippen molar-refractivity contribution in [2.24, 2.45) is 61.6 Å². The first-order chi connectivity index (χ1) is 40.3. The number of fused-ring (bicyclic) bond motifs is 9. The first-order valence-electron chi connectivity index (χ1n) is 34.2. The van der Waals surface area contributed by atoms with Crippen molar-refractivity contribution in [2.45, 2.75) is 256 Å². The highest BCUT2D eigenvalue weighted by Crippen LogP contribution is 2.88. The SMILES string of the molecule is CC1(CC(O)C2OC2(C)C)CCc2c[nH]c3c(C(C=O)c4cc(C5CCCCC5)cc(C5CCOCC5)c4)cn(c23)CC2C3=C1C(=O)CC3(C)C1(C)CC3(CCCC3)C3C(C)(C4CCCC4)C(=O)C4c5cc[nH]c5C5CCC4(C5)C3(C)C1C2O. The number of aliphatic hydroxyl groups is 2. The molecule has 450 valence electrons. The number of Topliss-reactive ketones (excluding diaryl/α,β-unsaturated/α-hetero) is 2. The topological polar surface area (TPSA) is 150 Å². The molecule has 2 bridgehead atoms. The van der Waals surface area contributed by atoms with Crippen LogP contribution in [-0.2, 0) is 36.8 Å². The Balaban J connectivity index is 0.914. The molecule has 9 fully saturated rings. The Morgan fingerprint density at radius 2 is 1.52 bits per heavy atom. The minimum atomic E-state index is -0.841. The molecule has 1 aromatic carbocycles. The summed E-state index contributed by atoms with van der Waals surface area (Å²) in [4.78, 5) is 55.0. The minimum Gasteiger partial charge on any atom is -0.392 e. The minimum absolute atomic E-state index is 0.0938. The van der Waals surface area contributed by atoms with Crippen LogP contribution < -0.4 is 0 Å². The summed E-state index contributed by atoms with van der Waals surface area (Å²) in [7, 11) is 0. The maximum absolute atomic E-state index is 16.8. The normalized spacial score (nSPS) is 41.3. The molecule has 84 heavy (non-hydrogen) atoms. The number of allylic oxidation sites excluding steroid dienone is 1. The third-order valence-electron chi connectivity index (χ3n) is 28.6. The van der Waals surface area contributed by atoms with Gasteiger partial charge in [0.2, 0.25) is 0 Å². The monoisotopic (exact) mass is 1140 g/mol. The fourth-order valence-corrected chi connectivity index (χ4v) is 25.3. The van der Waals surface area contributed by atoms with Gasteiger partial charge in [-0.05, 0) is 212 Å². The van der Waals surface area contributed by atoms with Gasteiger partial charge in [0.25, 0.3) is 0 Å². The van der Waals surface area contributed by atoms with E-state index in [1.165, 1.54) is 73.6 Å². The lowest BCUT2D eigenvalue weighted by Gasteiger charge is -2.80. The van der Waals surface area contributed by atoms with Crippen LogP contribution >= 0.6 is 0 Å². The molecule has 2 saturated heterocycles. The van der Waals surface area contributed by atoms with Crippen LogP contribution in [0, 0.1) is 61.6 Å². The Labute approximate surface area is 499 Å². The smallest absolute Gasteiger partial charge is 0.160 e. The zero-order valence-electron chi connectivity index (χ0n) is 51.8. The van der Waals surface area contributed by atoms with E-state index in [2.05, 4.69) is 106 Å². The van der Waals surface area contributed by atoms with Gasteiger partial charge in [0.05, 0.1) is 40.7 Å². The number of epoxide rings is 1. The van der Waals surface area contributed by atoms with Gasteiger partial charge in [-0.3, -0.25) is 9.59 Å². The number of aryl methyl sites for hydroxylation is 1. The molecule has 4 aromatic rings. The fraction of sp³-hybridized carbons (Fsp3) is 0.716. The summed E-state index contributed by atoms with van der Waals surface area (Å²) < 4.78 is 14.6. The lowest BCUT2D eigenvalue weighted by molar-refractivity contribution is -0.308. The lowest BCUT2D eigenvalue weighted by atomic mass is 9.23.